The smallest absolute Gasteiger partial charge is 0.329 e. The van der Waals surface area contributed by atoms with Gasteiger partial charge in [-0.3, -0.25) is 0 Å². The third-order valence-electron chi connectivity index (χ3n) is 2.39. The first-order valence-electron chi connectivity index (χ1n) is 4.37. The molecule has 16 heavy (non-hydrogen) atoms. The molecule has 0 fully saturated rings. The van der Waals surface area contributed by atoms with Gasteiger partial charge in [-0.15, -0.1) is 24.8 Å². The zero-order valence-corrected chi connectivity index (χ0v) is 10.5. The number of carbonyl (C=O) groups is 1. The van der Waals surface area contributed by atoms with Crippen LogP contribution in [0.25, 0.3) is 0 Å². The Labute approximate surface area is 106 Å². The van der Waals surface area contributed by atoms with Gasteiger partial charge in [-0.1, -0.05) is 6.92 Å². The monoisotopic (exact) mass is 282 g/mol. The fraction of sp³-hybridized carbons (Fsp3) is 0.875. The van der Waals surface area contributed by atoms with Crippen LogP contribution in [0.3, 0.4) is 0 Å². The lowest BCUT2D eigenvalue weighted by Gasteiger charge is -2.30. The fourth-order valence-electron chi connectivity index (χ4n) is 1.18. The van der Waals surface area contributed by atoms with Crippen LogP contribution < -0.4 is 11.5 Å². The van der Waals surface area contributed by atoms with E-state index in [0.717, 1.165) is 0 Å². The molecule has 8 heteroatoms. The van der Waals surface area contributed by atoms with Crippen molar-refractivity contribution >= 4 is 30.8 Å². The molecule has 0 aromatic heterocycles. The number of halogens is 4. The second-order valence-electron chi connectivity index (χ2n) is 3.37. The normalized spacial score (nSPS) is 15.6. The van der Waals surface area contributed by atoms with Crippen LogP contribution >= 0.6 is 24.8 Å². The summed E-state index contributed by atoms with van der Waals surface area (Å²) in [6.45, 7) is 1.74. The molecule has 0 aliphatic heterocycles. The number of aliphatic carboxylic acids is 1. The van der Waals surface area contributed by atoms with E-state index < -0.39 is 23.9 Å². The lowest BCUT2D eigenvalue weighted by molar-refractivity contribution is -0.153. The Bertz CT molecular complexity index is 210. The van der Waals surface area contributed by atoms with Crippen LogP contribution in [0.1, 0.15) is 19.8 Å². The van der Waals surface area contributed by atoms with Gasteiger partial charge in [-0.2, -0.15) is 0 Å². The first-order valence-corrected chi connectivity index (χ1v) is 4.37. The van der Waals surface area contributed by atoms with Gasteiger partial charge in [0, 0.05) is 0 Å². The minimum Gasteiger partial charge on any atom is -0.480 e. The van der Waals surface area contributed by atoms with E-state index in [0.29, 0.717) is 13.0 Å². The summed E-state index contributed by atoms with van der Waals surface area (Å²) in [5.74, 6) is -2.47. The highest BCUT2D eigenvalue weighted by atomic mass is 35.5. The summed E-state index contributed by atoms with van der Waals surface area (Å²) >= 11 is 0. The Morgan fingerprint density at radius 2 is 1.88 bits per heavy atom. The summed E-state index contributed by atoms with van der Waals surface area (Å²) in [5.41, 5.74) is 7.91. The van der Waals surface area contributed by atoms with Crippen molar-refractivity contribution in [1.82, 2.24) is 0 Å². The van der Waals surface area contributed by atoms with E-state index in [4.69, 9.17) is 16.6 Å². The zero-order valence-electron chi connectivity index (χ0n) is 8.86. The maximum Gasteiger partial charge on any atom is 0.329 e. The number of carboxylic acid groups (broad SMARTS) is 1. The van der Waals surface area contributed by atoms with Crippen molar-refractivity contribution in [2.75, 3.05) is 6.54 Å². The van der Waals surface area contributed by atoms with Gasteiger partial charge in [0.15, 0.2) is 5.54 Å². The Hall–Kier alpha value is -0.170. The van der Waals surface area contributed by atoms with Gasteiger partial charge >= 0.3 is 5.97 Å². The van der Waals surface area contributed by atoms with Gasteiger partial charge in [0.25, 0.3) is 6.43 Å². The van der Waals surface area contributed by atoms with Crippen LogP contribution in [0.15, 0.2) is 0 Å². The molecule has 0 aliphatic rings. The zero-order chi connectivity index (χ0) is 11.4. The Balaban J connectivity index is -0.000000845. The van der Waals surface area contributed by atoms with Crippen molar-refractivity contribution in [2.45, 2.75) is 31.7 Å². The summed E-state index contributed by atoms with van der Waals surface area (Å²) in [6.07, 6.45) is -2.31. The van der Waals surface area contributed by atoms with Crippen molar-refractivity contribution < 1.29 is 18.7 Å². The SMILES string of the molecule is CC(CCCN)C(N)(C(=O)O)C(F)F.Cl.Cl. The average molecular weight is 283 g/mol. The van der Waals surface area contributed by atoms with Crippen LogP contribution in [-0.2, 0) is 4.79 Å². The topological polar surface area (TPSA) is 89.3 Å². The van der Waals surface area contributed by atoms with Crippen LogP contribution in [0, 0.1) is 5.92 Å². The van der Waals surface area contributed by atoms with Crippen LogP contribution in [0.5, 0.6) is 0 Å². The van der Waals surface area contributed by atoms with Crippen molar-refractivity contribution in [3.63, 3.8) is 0 Å². The molecule has 100 valence electrons. The summed E-state index contributed by atoms with van der Waals surface area (Å²) in [4.78, 5) is 10.6. The van der Waals surface area contributed by atoms with E-state index in [1.165, 1.54) is 6.92 Å². The molecule has 4 nitrogen and oxygen atoms in total. The van der Waals surface area contributed by atoms with Gasteiger partial charge in [0.05, 0.1) is 0 Å². The number of nitrogens with two attached hydrogens (primary N) is 2. The highest BCUT2D eigenvalue weighted by Gasteiger charge is 2.48. The molecule has 0 bridgehead atoms. The van der Waals surface area contributed by atoms with E-state index >= 15 is 0 Å². The Kier molecular flexibility index (Phi) is 11.8. The number of carboxylic acids is 1. The lowest BCUT2D eigenvalue weighted by Crippen LogP contribution is -2.59. The lowest BCUT2D eigenvalue weighted by atomic mass is 9.83. The summed E-state index contributed by atoms with van der Waals surface area (Å²) in [7, 11) is 0. The van der Waals surface area contributed by atoms with E-state index in [2.05, 4.69) is 0 Å². The average Bonchev–Trinajstić information content (AvgIpc) is 2.11. The molecule has 0 amide bonds. The van der Waals surface area contributed by atoms with Crippen LogP contribution in [0.2, 0.25) is 0 Å². The van der Waals surface area contributed by atoms with Crippen molar-refractivity contribution in [1.29, 1.82) is 0 Å². The second-order valence-corrected chi connectivity index (χ2v) is 3.37. The third-order valence-corrected chi connectivity index (χ3v) is 2.39. The molecular formula is C8H18Cl2F2N2O2. The van der Waals surface area contributed by atoms with Crippen molar-refractivity contribution in [3.8, 4) is 0 Å². The van der Waals surface area contributed by atoms with E-state index in [9.17, 15) is 13.6 Å². The van der Waals surface area contributed by atoms with E-state index in [-0.39, 0.29) is 31.2 Å². The molecule has 0 aliphatic carbocycles. The Morgan fingerprint density at radius 3 is 2.12 bits per heavy atom. The van der Waals surface area contributed by atoms with E-state index in [1.807, 2.05) is 0 Å². The molecule has 2 unspecified atom stereocenters. The molecular weight excluding hydrogens is 265 g/mol. The minimum absolute atomic E-state index is 0. The molecule has 0 rings (SSSR count). The molecule has 0 saturated heterocycles. The fourth-order valence-corrected chi connectivity index (χ4v) is 1.18. The van der Waals surface area contributed by atoms with Crippen LogP contribution in [0.4, 0.5) is 8.78 Å². The highest BCUT2D eigenvalue weighted by Crippen LogP contribution is 2.26. The number of hydrogen-bond acceptors (Lipinski definition) is 3. The van der Waals surface area contributed by atoms with Crippen LogP contribution in [-0.4, -0.2) is 29.6 Å². The highest BCUT2D eigenvalue weighted by molar-refractivity contribution is 5.85. The standard InChI is InChI=1S/C8H16F2N2O2.2ClH/c1-5(3-2-4-11)8(12,6(9)10)7(13)14;;/h5-6H,2-4,11-12H2,1H3,(H,13,14);2*1H. The Morgan fingerprint density at radius 1 is 1.44 bits per heavy atom. The van der Waals surface area contributed by atoms with Gasteiger partial charge in [0.1, 0.15) is 0 Å². The molecule has 0 saturated carbocycles. The number of rotatable bonds is 6. The predicted octanol–water partition coefficient (Wildman–Crippen LogP) is 1.25. The van der Waals surface area contributed by atoms with Crippen molar-refractivity contribution in [2.24, 2.45) is 17.4 Å². The van der Waals surface area contributed by atoms with Gasteiger partial charge in [-0.25, -0.2) is 13.6 Å². The number of alkyl halides is 2. The summed E-state index contributed by atoms with van der Waals surface area (Å²) in [5, 5.41) is 8.64. The predicted molar refractivity (Wildman–Crippen MR) is 62.5 cm³/mol. The largest absolute Gasteiger partial charge is 0.480 e. The van der Waals surface area contributed by atoms with Gasteiger partial charge < -0.3 is 16.6 Å². The second kappa shape index (κ2) is 8.92. The molecule has 0 radical (unpaired) electrons. The van der Waals surface area contributed by atoms with Gasteiger partial charge in [-0.05, 0) is 25.3 Å². The molecule has 0 aromatic carbocycles. The van der Waals surface area contributed by atoms with Gasteiger partial charge in [0.2, 0.25) is 0 Å². The molecule has 0 heterocycles. The molecule has 0 spiro atoms. The first kappa shape index (κ1) is 21.1. The van der Waals surface area contributed by atoms with Crippen molar-refractivity contribution in [3.05, 3.63) is 0 Å². The molecule has 2 atom stereocenters. The molecule has 0 aromatic rings. The van der Waals surface area contributed by atoms with E-state index in [1.54, 1.807) is 0 Å². The maximum atomic E-state index is 12.5. The number of hydrogen-bond donors (Lipinski definition) is 3. The summed E-state index contributed by atoms with van der Waals surface area (Å²) < 4.78 is 24.9. The quantitative estimate of drug-likeness (QED) is 0.684. The first-order chi connectivity index (χ1) is 6.37. The minimum atomic E-state index is -3.08. The summed E-state index contributed by atoms with van der Waals surface area (Å²) in [6, 6.07) is 0. The molecule has 5 N–H and O–H groups in total. The third kappa shape index (κ3) is 4.78. The maximum absolute atomic E-state index is 12.5.